The number of aryl methyl sites for hydroxylation is 2. The van der Waals surface area contributed by atoms with E-state index in [-0.39, 0.29) is 5.91 Å². The molecule has 0 radical (unpaired) electrons. The number of hydrogen-bond acceptors (Lipinski definition) is 6. The molecule has 1 aliphatic heterocycles. The van der Waals surface area contributed by atoms with Gasteiger partial charge in [0.05, 0.1) is 5.69 Å². The summed E-state index contributed by atoms with van der Waals surface area (Å²) in [4.78, 5) is 22.7. The first-order valence-electron chi connectivity index (χ1n) is 10.4. The van der Waals surface area contributed by atoms with E-state index in [9.17, 15) is 4.79 Å². The summed E-state index contributed by atoms with van der Waals surface area (Å²) in [5, 5.41) is 9.08. The largest absolute Gasteiger partial charge is 0.355 e. The quantitative estimate of drug-likeness (QED) is 0.617. The molecule has 1 aromatic carbocycles. The standard InChI is InChI=1S/C23H27N5OS/c1-4-17-7-9-18(10-8-17)22-25-16(2)21(30-22)23(29)28-14-11-19(12-15-28)27(3)20-6-5-13-24-26-20/h5-10,13,19H,4,11-12,14-15H2,1-3H3. The highest BCUT2D eigenvalue weighted by atomic mass is 32.1. The van der Waals surface area contributed by atoms with Crippen LogP contribution in [0.25, 0.3) is 10.6 Å². The number of piperidine rings is 1. The number of aromatic nitrogens is 3. The van der Waals surface area contributed by atoms with Gasteiger partial charge in [-0.15, -0.1) is 16.4 Å². The van der Waals surface area contributed by atoms with Gasteiger partial charge >= 0.3 is 0 Å². The van der Waals surface area contributed by atoms with Gasteiger partial charge in [-0.05, 0) is 43.9 Å². The first-order valence-corrected chi connectivity index (χ1v) is 11.2. The Hall–Kier alpha value is -2.80. The molecule has 2 aromatic heterocycles. The van der Waals surface area contributed by atoms with Gasteiger partial charge in [0, 0.05) is 37.9 Å². The SMILES string of the molecule is CCc1ccc(-c2nc(C)c(C(=O)N3CCC(N(C)c4cccnn4)CC3)s2)cc1. The second-order valence-electron chi connectivity index (χ2n) is 7.70. The van der Waals surface area contributed by atoms with Crippen molar-refractivity contribution in [1.82, 2.24) is 20.1 Å². The zero-order valence-corrected chi connectivity index (χ0v) is 18.5. The summed E-state index contributed by atoms with van der Waals surface area (Å²) < 4.78 is 0. The van der Waals surface area contributed by atoms with E-state index < -0.39 is 0 Å². The van der Waals surface area contributed by atoms with Gasteiger partial charge in [-0.1, -0.05) is 31.2 Å². The van der Waals surface area contributed by atoms with E-state index in [1.807, 2.05) is 24.0 Å². The number of thiazole rings is 1. The molecule has 1 fully saturated rings. The predicted octanol–water partition coefficient (Wildman–Crippen LogP) is 4.21. The van der Waals surface area contributed by atoms with Crippen molar-refractivity contribution < 1.29 is 4.79 Å². The van der Waals surface area contributed by atoms with Crippen molar-refractivity contribution in [2.45, 2.75) is 39.2 Å². The topological polar surface area (TPSA) is 62.2 Å². The van der Waals surface area contributed by atoms with E-state index in [1.54, 1.807) is 6.20 Å². The van der Waals surface area contributed by atoms with Crippen LogP contribution in [0.5, 0.6) is 0 Å². The molecule has 3 heterocycles. The zero-order valence-electron chi connectivity index (χ0n) is 17.7. The first kappa shape index (κ1) is 20.5. The smallest absolute Gasteiger partial charge is 0.265 e. The molecule has 1 saturated heterocycles. The Morgan fingerprint density at radius 1 is 1.20 bits per heavy atom. The molecule has 0 spiro atoms. The fraction of sp³-hybridized carbons (Fsp3) is 0.391. The molecule has 4 rings (SSSR count). The van der Waals surface area contributed by atoms with Crippen LogP contribution in [0.1, 0.15) is 40.7 Å². The summed E-state index contributed by atoms with van der Waals surface area (Å²) in [6, 6.07) is 12.7. The number of rotatable bonds is 5. The van der Waals surface area contributed by atoms with Crippen LogP contribution in [0.4, 0.5) is 5.82 Å². The number of amides is 1. The highest BCUT2D eigenvalue weighted by Gasteiger charge is 2.28. The van der Waals surface area contributed by atoms with Crippen molar-refractivity contribution >= 4 is 23.1 Å². The van der Waals surface area contributed by atoms with Crippen LogP contribution in [0.3, 0.4) is 0 Å². The maximum Gasteiger partial charge on any atom is 0.265 e. The molecule has 0 N–H and O–H groups in total. The van der Waals surface area contributed by atoms with Gasteiger partial charge in [-0.3, -0.25) is 4.79 Å². The normalized spacial score (nSPS) is 14.7. The van der Waals surface area contributed by atoms with Gasteiger partial charge in [-0.25, -0.2) is 4.98 Å². The molecule has 1 aliphatic rings. The Morgan fingerprint density at radius 2 is 1.93 bits per heavy atom. The van der Waals surface area contributed by atoms with Gasteiger partial charge in [0.25, 0.3) is 5.91 Å². The summed E-state index contributed by atoms with van der Waals surface area (Å²) in [5.41, 5.74) is 3.19. The average molecular weight is 422 g/mol. The predicted molar refractivity (Wildman–Crippen MR) is 121 cm³/mol. The van der Waals surface area contributed by atoms with E-state index in [0.29, 0.717) is 6.04 Å². The lowest BCUT2D eigenvalue weighted by Crippen LogP contribution is -2.45. The van der Waals surface area contributed by atoms with Crippen LogP contribution < -0.4 is 4.90 Å². The van der Waals surface area contributed by atoms with Crippen LogP contribution in [-0.4, -0.2) is 52.2 Å². The molecule has 1 amide bonds. The van der Waals surface area contributed by atoms with E-state index >= 15 is 0 Å². The van der Waals surface area contributed by atoms with Crippen LogP contribution >= 0.6 is 11.3 Å². The van der Waals surface area contributed by atoms with E-state index in [2.05, 4.69) is 58.3 Å². The summed E-state index contributed by atoms with van der Waals surface area (Å²) in [5.74, 6) is 0.973. The van der Waals surface area contributed by atoms with Gasteiger partial charge in [0.2, 0.25) is 0 Å². The highest BCUT2D eigenvalue weighted by Crippen LogP contribution is 2.30. The maximum absolute atomic E-state index is 13.2. The minimum Gasteiger partial charge on any atom is -0.355 e. The van der Waals surface area contributed by atoms with E-state index in [1.165, 1.54) is 16.9 Å². The highest BCUT2D eigenvalue weighted by molar-refractivity contribution is 7.17. The lowest BCUT2D eigenvalue weighted by Gasteiger charge is -2.37. The van der Waals surface area contributed by atoms with Crippen LogP contribution in [0.15, 0.2) is 42.6 Å². The number of anilines is 1. The van der Waals surface area contributed by atoms with Gasteiger partial charge < -0.3 is 9.80 Å². The molecular weight excluding hydrogens is 394 g/mol. The molecular formula is C23H27N5OS. The number of nitrogens with zero attached hydrogens (tertiary/aromatic N) is 5. The minimum absolute atomic E-state index is 0.0991. The van der Waals surface area contributed by atoms with Crippen LogP contribution in [0.2, 0.25) is 0 Å². The Balaban J connectivity index is 1.42. The number of likely N-dealkylation sites (tertiary alicyclic amines) is 1. The lowest BCUT2D eigenvalue weighted by atomic mass is 10.0. The minimum atomic E-state index is 0.0991. The summed E-state index contributed by atoms with van der Waals surface area (Å²) in [6.45, 7) is 5.56. The van der Waals surface area contributed by atoms with E-state index in [0.717, 1.165) is 59.3 Å². The number of benzene rings is 1. The fourth-order valence-corrected chi connectivity index (χ4v) is 4.91. The molecule has 6 nitrogen and oxygen atoms in total. The Bertz CT molecular complexity index is 994. The molecule has 0 aliphatic carbocycles. The Labute approximate surface area is 181 Å². The van der Waals surface area contributed by atoms with Crippen LogP contribution in [-0.2, 0) is 6.42 Å². The van der Waals surface area contributed by atoms with Crippen molar-refractivity contribution in [3.63, 3.8) is 0 Å². The van der Waals surface area contributed by atoms with Crippen LogP contribution in [0, 0.1) is 6.92 Å². The second-order valence-corrected chi connectivity index (χ2v) is 8.70. The van der Waals surface area contributed by atoms with E-state index in [4.69, 9.17) is 0 Å². The first-order chi connectivity index (χ1) is 14.6. The van der Waals surface area contributed by atoms with Crippen molar-refractivity contribution in [3.8, 4) is 10.6 Å². The molecule has 30 heavy (non-hydrogen) atoms. The zero-order chi connectivity index (χ0) is 21.1. The molecule has 0 saturated carbocycles. The lowest BCUT2D eigenvalue weighted by molar-refractivity contribution is 0.0717. The monoisotopic (exact) mass is 421 g/mol. The number of hydrogen-bond donors (Lipinski definition) is 0. The van der Waals surface area contributed by atoms with Crippen molar-refractivity contribution in [2.24, 2.45) is 0 Å². The molecule has 0 bridgehead atoms. The molecule has 0 atom stereocenters. The molecule has 0 unspecified atom stereocenters. The number of carbonyl (C=O) groups excluding carboxylic acids is 1. The summed E-state index contributed by atoms with van der Waals surface area (Å²) in [7, 11) is 2.05. The maximum atomic E-state index is 13.2. The number of carbonyl (C=O) groups is 1. The van der Waals surface area contributed by atoms with Gasteiger partial charge in [-0.2, -0.15) is 5.10 Å². The molecule has 156 valence electrons. The van der Waals surface area contributed by atoms with Crippen molar-refractivity contribution in [3.05, 3.63) is 58.7 Å². The molecule has 7 heteroatoms. The van der Waals surface area contributed by atoms with Gasteiger partial charge in [0.15, 0.2) is 5.82 Å². The van der Waals surface area contributed by atoms with Gasteiger partial charge in [0.1, 0.15) is 9.88 Å². The van der Waals surface area contributed by atoms with Crippen molar-refractivity contribution in [2.75, 3.05) is 25.0 Å². The summed E-state index contributed by atoms with van der Waals surface area (Å²) >= 11 is 1.50. The third kappa shape index (κ3) is 4.21. The average Bonchev–Trinajstić information content (AvgIpc) is 3.20. The third-order valence-corrected chi connectivity index (χ3v) is 7.01. The second kappa shape index (κ2) is 8.92. The third-order valence-electron chi connectivity index (χ3n) is 5.82. The molecule has 3 aromatic rings. The summed E-state index contributed by atoms with van der Waals surface area (Å²) in [6.07, 6.45) is 4.54. The Morgan fingerprint density at radius 3 is 2.57 bits per heavy atom. The van der Waals surface area contributed by atoms with Crippen molar-refractivity contribution in [1.29, 1.82) is 0 Å². The fourth-order valence-electron chi connectivity index (χ4n) is 3.87. The Kier molecular flexibility index (Phi) is 6.08.